The average Bonchev–Trinajstić information content (AvgIpc) is 2.18. The lowest BCUT2D eigenvalue weighted by atomic mass is 10.0. The molecule has 0 spiro atoms. The summed E-state index contributed by atoms with van der Waals surface area (Å²) in [5, 5.41) is 0. The van der Waals surface area contributed by atoms with Crippen LogP contribution in [-0.4, -0.2) is 20.0 Å². The monoisotopic (exact) mass is 200 g/mol. The predicted octanol–water partition coefficient (Wildman–Crippen LogP) is 2.05. The number of hydrogen-bond acceptors (Lipinski definition) is 2. The summed E-state index contributed by atoms with van der Waals surface area (Å²) in [4.78, 5) is 0. The van der Waals surface area contributed by atoms with Crippen molar-refractivity contribution in [2.75, 3.05) is 20.0 Å². The second-order valence-corrected chi connectivity index (χ2v) is 3.26. The fourth-order valence-corrected chi connectivity index (χ4v) is 1.49. The van der Waals surface area contributed by atoms with E-state index in [1.165, 1.54) is 12.1 Å². The lowest BCUT2D eigenvalue weighted by molar-refractivity contribution is -0.108. The van der Waals surface area contributed by atoms with Crippen LogP contribution in [0.15, 0.2) is 18.2 Å². The van der Waals surface area contributed by atoms with E-state index in [1.807, 2.05) is 0 Å². The molecular weight excluding hydrogens is 190 g/mol. The molecule has 0 radical (unpaired) electrons. The Labute approximate surface area is 80.4 Å². The van der Waals surface area contributed by atoms with Crippen molar-refractivity contribution in [3.05, 3.63) is 35.4 Å². The van der Waals surface area contributed by atoms with E-state index >= 15 is 0 Å². The van der Waals surface area contributed by atoms with Crippen molar-refractivity contribution in [2.45, 2.75) is 5.92 Å². The van der Waals surface area contributed by atoms with E-state index in [2.05, 4.69) is 0 Å². The van der Waals surface area contributed by atoms with Crippen LogP contribution in [0.3, 0.4) is 0 Å². The van der Waals surface area contributed by atoms with Crippen LogP contribution in [0.1, 0.15) is 11.5 Å². The third-order valence-corrected chi connectivity index (χ3v) is 2.16. The Kier molecular flexibility index (Phi) is 2.74. The third-order valence-electron chi connectivity index (χ3n) is 2.16. The summed E-state index contributed by atoms with van der Waals surface area (Å²) in [6.07, 6.45) is 0. The Bertz CT molecular complexity index is 302. The first-order valence-corrected chi connectivity index (χ1v) is 4.37. The van der Waals surface area contributed by atoms with Crippen LogP contribution >= 0.6 is 0 Å². The molecule has 0 atom stereocenters. The minimum atomic E-state index is -0.564. The van der Waals surface area contributed by atoms with Gasteiger partial charge in [0, 0.05) is 12.0 Å². The van der Waals surface area contributed by atoms with Crippen LogP contribution in [0, 0.1) is 11.6 Å². The lowest BCUT2D eigenvalue weighted by Crippen LogP contribution is -2.22. The molecule has 0 aliphatic carbocycles. The molecule has 1 aliphatic heterocycles. The van der Waals surface area contributed by atoms with Crippen molar-refractivity contribution < 1.29 is 18.3 Å². The molecule has 1 saturated heterocycles. The first-order valence-electron chi connectivity index (χ1n) is 4.37. The van der Waals surface area contributed by atoms with Gasteiger partial charge < -0.3 is 9.47 Å². The molecule has 1 fully saturated rings. The van der Waals surface area contributed by atoms with Crippen LogP contribution in [-0.2, 0) is 9.47 Å². The molecule has 0 N–H and O–H groups in total. The topological polar surface area (TPSA) is 18.5 Å². The SMILES string of the molecule is Fc1cc(F)cc(C2COCOC2)c1. The molecule has 4 heteroatoms. The molecule has 1 aromatic carbocycles. The zero-order valence-electron chi connectivity index (χ0n) is 7.50. The summed E-state index contributed by atoms with van der Waals surface area (Å²) in [5.74, 6) is -1.20. The Morgan fingerprint density at radius 1 is 1.00 bits per heavy atom. The highest BCUT2D eigenvalue weighted by atomic mass is 19.1. The number of halogens is 2. The largest absolute Gasteiger partial charge is 0.355 e. The van der Waals surface area contributed by atoms with Crippen LogP contribution < -0.4 is 0 Å². The zero-order chi connectivity index (χ0) is 9.97. The smallest absolute Gasteiger partial charge is 0.146 e. The van der Waals surface area contributed by atoms with Crippen molar-refractivity contribution >= 4 is 0 Å². The second kappa shape index (κ2) is 4.02. The molecule has 1 heterocycles. The van der Waals surface area contributed by atoms with Crippen molar-refractivity contribution in [3.8, 4) is 0 Å². The average molecular weight is 200 g/mol. The van der Waals surface area contributed by atoms with Gasteiger partial charge in [0.2, 0.25) is 0 Å². The van der Waals surface area contributed by atoms with E-state index in [9.17, 15) is 8.78 Å². The quantitative estimate of drug-likeness (QED) is 0.690. The maximum absolute atomic E-state index is 12.9. The van der Waals surface area contributed by atoms with Gasteiger partial charge in [-0.2, -0.15) is 0 Å². The van der Waals surface area contributed by atoms with Gasteiger partial charge in [-0.1, -0.05) is 0 Å². The predicted molar refractivity (Wildman–Crippen MR) is 45.9 cm³/mol. The summed E-state index contributed by atoms with van der Waals surface area (Å²) in [7, 11) is 0. The molecule has 2 nitrogen and oxygen atoms in total. The Balaban J connectivity index is 2.21. The molecule has 0 bridgehead atoms. The van der Waals surface area contributed by atoms with Gasteiger partial charge in [0.05, 0.1) is 13.2 Å². The van der Waals surface area contributed by atoms with Crippen molar-refractivity contribution in [1.82, 2.24) is 0 Å². The zero-order valence-corrected chi connectivity index (χ0v) is 7.50. The van der Waals surface area contributed by atoms with Crippen molar-refractivity contribution in [2.24, 2.45) is 0 Å². The van der Waals surface area contributed by atoms with Gasteiger partial charge in [-0.3, -0.25) is 0 Å². The van der Waals surface area contributed by atoms with Gasteiger partial charge in [-0.15, -0.1) is 0 Å². The second-order valence-electron chi connectivity index (χ2n) is 3.26. The highest BCUT2D eigenvalue weighted by Gasteiger charge is 2.17. The highest BCUT2D eigenvalue weighted by molar-refractivity contribution is 5.22. The maximum Gasteiger partial charge on any atom is 0.146 e. The summed E-state index contributed by atoms with van der Waals surface area (Å²) < 4.78 is 35.8. The number of rotatable bonds is 1. The fourth-order valence-electron chi connectivity index (χ4n) is 1.49. The van der Waals surface area contributed by atoms with Gasteiger partial charge >= 0.3 is 0 Å². The molecule has 1 aromatic rings. The van der Waals surface area contributed by atoms with Gasteiger partial charge in [-0.25, -0.2) is 8.78 Å². The normalized spacial score (nSPS) is 18.4. The standard InChI is InChI=1S/C10H10F2O2/c11-9-1-7(2-10(12)3-9)8-4-13-6-14-5-8/h1-3,8H,4-6H2. The summed E-state index contributed by atoms with van der Waals surface area (Å²) in [5.41, 5.74) is 0.585. The first-order chi connectivity index (χ1) is 6.75. The summed E-state index contributed by atoms with van der Waals surface area (Å²) in [6, 6.07) is 3.48. The molecule has 0 amide bonds. The first kappa shape index (κ1) is 9.55. The number of hydrogen-bond donors (Lipinski definition) is 0. The Morgan fingerprint density at radius 3 is 2.14 bits per heavy atom. The molecule has 0 unspecified atom stereocenters. The van der Waals surface area contributed by atoms with Crippen molar-refractivity contribution in [3.63, 3.8) is 0 Å². The van der Waals surface area contributed by atoms with E-state index in [0.29, 0.717) is 18.8 Å². The van der Waals surface area contributed by atoms with Crippen LogP contribution in [0.25, 0.3) is 0 Å². The molecule has 14 heavy (non-hydrogen) atoms. The summed E-state index contributed by atoms with van der Waals surface area (Å²) >= 11 is 0. The Morgan fingerprint density at radius 2 is 1.57 bits per heavy atom. The van der Waals surface area contributed by atoms with E-state index in [0.717, 1.165) is 6.07 Å². The molecule has 76 valence electrons. The van der Waals surface area contributed by atoms with Crippen LogP contribution in [0.5, 0.6) is 0 Å². The molecule has 2 rings (SSSR count). The third kappa shape index (κ3) is 2.08. The van der Waals surface area contributed by atoms with Gasteiger partial charge in [-0.05, 0) is 17.7 Å². The number of ether oxygens (including phenoxy) is 2. The van der Waals surface area contributed by atoms with E-state index in [1.54, 1.807) is 0 Å². The Hall–Kier alpha value is -1.00. The minimum absolute atomic E-state index is 0.0750. The van der Waals surface area contributed by atoms with E-state index in [4.69, 9.17) is 9.47 Å². The fraction of sp³-hybridized carbons (Fsp3) is 0.400. The minimum Gasteiger partial charge on any atom is -0.355 e. The number of benzene rings is 1. The van der Waals surface area contributed by atoms with Crippen molar-refractivity contribution in [1.29, 1.82) is 0 Å². The van der Waals surface area contributed by atoms with Crippen LogP contribution in [0.4, 0.5) is 8.78 Å². The maximum atomic E-state index is 12.9. The molecule has 0 aromatic heterocycles. The van der Waals surface area contributed by atoms with E-state index < -0.39 is 11.6 Å². The van der Waals surface area contributed by atoms with Gasteiger partial charge in [0.25, 0.3) is 0 Å². The highest BCUT2D eigenvalue weighted by Crippen LogP contribution is 2.21. The molecule has 1 aliphatic rings. The molecular formula is C10H10F2O2. The lowest BCUT2D eigenvalue weighted by Gasteiger charge is -2.22. The van der Waals surface area contributed by atoms with Gasteiger partial charge in [0.15, 0.2) is 0 Å². The molecule has 0 saturated carbocycles. The van der Waals surface area contributed by atoms with Crippen LogP contribution in [0.2, 0.25) is 0 Å². The van der Waals surface area contributed by atoms with E-state index in [-0.39, 0.29) is 12.7 Å². The summed E-state index contributed by atoms with van der Waals surface area (Å²) in [6.45, 7) is 1.15. The van der Waals surface area contributed by atoms with Gasteiger partial charge in [0.1, 0.15) is 18.4 Å².